The molecule has 0 saturated heterocycles. The van der Waals surface area contributed by atoms with E-state index in [0.29, 0.717) is 23.0 Å². The van der Waals surface area contributed by atoms with Gasteiger partial charge in [0, 0.05) is 41.4 Å². The summed E-state index contributed by atoms with van der Waals surface area (Å²) in [6.45, 7) is 6.35. The second-order valence-corrected chi connectivity index (χ2v) is 10.1. The van der Waals surface area contributed by atoms with Crippen LogP contribution in [0.5, 0.6) is 11.8 Å². The highest BCUT2D eigenvalue weighted by Gasteiger charge is 2.19. The van der Waals surface area contributed by atoms with Gasteiger partial charge in [0.25, 0.3) is 0 Å². The molecule has 4 aromatic heterocycles. The van der Waals surface area contributed by atoms with Crippen molar-refractivity contribution in [2.45, 2.75) is 26.2 Å². The minimum absolute atomic E-state index is 0.102. The smallest absolute Gasteiger partial charge is 0.223 e. The van der Waals surface area contributed by atoms with Crippen LogP contribution in [-0.4, -0.2) is 19.5 Å². The van der Waals surface area contributed by atoms with Gasteiger partial charge >= 0.3 is 0 Å². The number of aromatic nitrogens is 4. The normalized spacial score (nSPS) is 11.8. The highest BCUT2D eigenvalue weighted by Crippen LogP contribution is 2.33. The van der Waals surface area contributed by atoms with Crippen LogP contribution in [0.2, 0.25) is 0 Å². The number of nitrogens with one attached hydrogen (secondary N) is 1. The molecule has 6 nitrogen and oxygen atoms in total. The lowest BCUT2D eigenvalue weighted by atomic mass is 9.87. The van der Waals surface area contributed by atoms with E-state index < -0.39 is 0 Å². The number of fused-ring (bicyclic) bond motifs is 3. The van der Waals surface area contributed by atoms with Gasteiger partial charge in [0.1, 0.15) is 5.82 Å². The molecular weight excluding hydrogens is 460 g/mol. The minimum Gasteiger partial charge on any atom is -0.421 e. The van der Waals surface area contributed by atoms with Crippen LogP contribution in [0.1, 0.15) is 26.3 Å². The van der Waals surface area contributed by atoms with Gasteiger partial charge in [-0.1, -0.05) is 63.2 Å². The first kappa shape index (κ1) is 22.7. The fraction of sp³-hybridized carbons (Fsp3) is 0.129. The first-order valence-electron chi connectivity index (χ1n) is 12.2. The third-order valence-corrected chi connectivity index (χ3v) is 6.50. The van der Waals surface area contributed by atoms with Gasteiger partial charge in [-0.3, -0.25) is 9.36 Å². The standard InChI is InChI=1S/C31H26N4O2/c1-31(2,3)20-17-24(23-19-32-16-15-27(23)36)33-30(18-20)37-29-14-8-13-28(34-29)35-25-11-6-4-9-21(25)22-10-5-7-12-26(22)35/h4-19H,1-3H3,(H,32,36). The van der Waals surface area contributed by atoms with Crippen molar-refractivity contribution in [1.29, 1.82) is 0 Å². The number of aromatic amines is 1. The molecule has 2 aromatic carbocycles. The first-order valence-corrected chi connectivity index (χ1v) is 12.2. The van der Waals surface area contributed by atoms with Crippen LogP contribution in [0.25, 0.3) is 38.9 Å². The van der Waals surface area contributed by atoms with Crippen molar-refractivity contribution in [3.63, 3.8) is 0 Å². The predicted octanol–water partition coefficient (Wildman–Crippen LogP) is 7.02. The largest absolute Gasteiger partial charge is 0.421 e. The summed E-state index contributed by atoms with van der Waals surface area (Å²) in [5.41, 5.74) is 3.94. The zero-order chi connectivity index (χ0) is 25.6. The Bertz CT molecular complexity index is 1770. The molecule has 0 aliphatic rings. The van der Waals surface area contributed by atoms with Crippen LogP contribution >= 0.6 is 0 Å². The van der Waals surface area contributed by atoms with Crippen molar-refractivity contribution in [2.75, 3.05) is 0 Å². The van der Waals surface area contributed by atoms with E-state index in [2.05, 4.69) is 71.7 Å². The number of hydrogen-bond donors (Lipinski definition) is 1. The lowest BCUT2D eigenvalue weighted by molar-refractivity contribution is 0.441. The van der Waals surface area contributed by atoms with E-state index >= 15 is 0 Å². The molecule has 0 saturated carbocycles. The molecule has 0 fully saturated rings. The van der Waals surface area contributed by atoms with Crippen molar-refractivity contribution in [3.05, 3.63) is 113 Å². The van der Waals surface area contributed by atoms with Crippen LogP contribution < -0.4 is 10.2 Å². The van der Waals surface area contributed by atoms with Crippen LogP contribution in [0.3, 0.4) is 0 Å². The van der Waals surface area contributed by atoms with E-state index in [4.69, 9.17) is 9.72 Å². The molecule has 0 spiro atoms. The zero-order valence-electron chi connectivity index (χ0n) is 20.9. The third-order valence-electron chi connectivity index (χ3n) is 6.50. The molecule has 0 bridgehead atoms. The Labute approximate surface area is 214 Å². The topological polar surface area (TPSA) is 72.8 Å². The second kappa shape index (κ2) is 8.75. The fourth-order valence-electron chi connectivity index (χ4n) is 4.61. The molecule has 6 heteroatoms. The van der Waals surface area contributed by atoms with Crippen molar-refractivity contribution in [3.8, 4) is 28.8 Å². The number of H-pyrrole nitrogens is 1. The van der Waals surface area contributed by atoms with Crippen molar-refractivity contribution in [1.82, 2.24) is 19.5 Å². The molecule has 0 aliphatic carbocycles. The maximum absolute atomic E-state index is 12.5. The molecule has 0 unspecified atom stereocenters. The Morgan fingerprint density at radius 1 is 0.784 bits per heavy atom. The second-order valence-electron chi connectivity index (χ2n) is 10.1. The Morgan fingerprint density at radius 2 is 1.49 bits per heavy atom. The van der Waals surface area contributed by atoms with E-state index in [-0.39, 0.29) is 10.8 Å². The summed E-state index contributed by atoms with van der Waals surface area (Å²) in [6, 6.07) is 27.7. The van der Waals surface area contributed by atoms with Gasteiger partial charge < -0.3 is 9.72 Å². The van der Waals surface area contributed by atoms with E-state index in [1.165, 1.54) is 16.8 Å². The highest BCUT2D eigenvalue weighted by molar-refractivity contribution is 6.09. The highest BCUT2D eigenvalue weighted by atomic mass is 16.5. The SMILES string of the molecule is CC(C)(C)c1cc(Oc2cccc(-n3c4ccccc4c4ccccc43)n2)nc(-c2c[nH]ccc2=O)c1. The van der Waals surface area contributed by atoms with Gasteiger partial charge in [-0.25, -0.2) is 4.98 Å². The van der Waals surface area contributed by atoms with Crippen LogP contribution in [0.4, 0.5) is 0 Å². The summed E-state index contributed by atoms with van der Waals surface area (Å²) in [4.78, 5) is 25.0. The van der Waals surface area contributed by atoms with Gasteiger partial charge in [-0.15, -0.1) is 0 Å². The molecule has 0 atom stereocenters. The first-order chi connectivity index (χ1) is 17.9. The molecule has 6 aromatic rings. The molecule has 37 heavy (non-hydrogen) atoms. The van der Waals surface area contributed by atoms with Crippen LogP contribution in [0.15, 0.2) is 102 Å². The zero-order valence-corrected chi connectivity index (χ0v) is 20.9. The van der Waals surface area contributed by atoms with E-state index in [1.54, 1.807) is 12.4 Å². The molecule has 0 aliphatic heterocycles. The van der Waals surface area contributed by atoms with Gasteiger partial charge in [0.2, 0.25) is 11.8 Å². The van der Waals surface area contributed by atoms with Crippen molar-refractivity contribution in [2.24, 2.45) is 0 Å². The Balaban J connectivity index is 1.46. The number of ether oxygens (including phenoxy) is 1. The lowest BCUT2D eigenvalue weighted by Crippen LogP contribution is -2.13. The van der Waals surface area contributed by atoms with Crippen molar-refractivity contribution >= 4 is 21.8 Å². The number of rotatable bonds is 4. The third kappa shape index (κ3) is 4.16. The molecule has 6 rings (SSSR count). The maximum atomic E-state index is 12.5. The molecule has 0 amide bonds. The van der Waals surface area contributed by atoms with E-state index in [0.717, 1.165) is 22.4 Å². The Hall–Kier alpha value is -4.71. The average Bonchev–Trinajstić information content (AvgIpc) is 3.23. The molecule has 1 N–H and O–H groups in total. The summed E-state index contributed by atoms with van der Waals surface area (Å²) in [5.74, 6) is 1.56. The molecule has 4 heterocycles. The summed E-state index contributed by atoms with van der Waals surface area (Å²) < 4.78 is 8.38. The Morgan fingerprint density at radius 3 is 2.16 bits per heavy atom. The fourth-order valence-corrected chi connectivity index (χ4v) is 4.61. The average molecular weight is 487 g/mol. The van der Waals surface area contributed by atoms with Crippen LogP contribution in [-0.2, 0) is 5.41 Å². The number of para-hydroxylation sites is 2. The number of pyridine rings is 3. The van der Waals surface area contributed by atoms with Crippen molar-refractivity contribution < 1.29 is 4.74 Å². The molecular formula is C31H26N4O2. The minimum atomic E-state index is -0.171. The molecule has 0 radical (unpaired) electrons. The van der Waals surface area contributed by atoms with E-state index in [9.17, 15) is 4.79 Å². The van der Waals surface area contributed by atoms with Gasteiger partial charge in [0.05, 0.1) is 22.3 Å². The summed E-state index contributed by atoms with van der Waals surface area (Å²) >= 11 is 0. The summed E-state index contributed by atoms with van der Waals surface area (Å²) in [7, 11) is 0. The quantitative estimate of drug-likeness (QED) is 0.291. The maximum Gasteiger partial charge on any atom is 0.223 e. The van der Waals surface area contributed by atoms with Gasteiger partial charge in [-0.2, -0.15) is 4.98 Å². The van der Waals surface area contributed by atoms with Gasteiger partial charge in [0.15, 0.2) is 5.43 Å². The lowest BCUT2D eigenvalue weighted by Gasteiger charge is -2.20. The summed E-state index contributed by atoms with van der Waals surface area (Å²) in [5, 5.41) is 2.34. The summed E-state index contributed by atoms with van der Waals surface area (Å²) in [6.07, 6.45) is 3.28. The van der Waals surface area contributed by atoms with Gasteiger partial charge in [-0.05, 0) is 35.2 Å². The molecule has 182 valence electrons. The predicted molar refractivity (Wildman–Crippen MR) is 148 cm³/mol. The monoisotopic (exact) mass is 486 g/mol. The number of benzene rings is 2. The number of hydrogen-bond acceptors (Lipinski definition) is 4. The van der Waals surface area contributed by atoms with E-state index in [1.807, 2.05) is 42.5 Å². The number of nitrogens with zero attached hydrogens (tertiary/aromatic N) is 3. The Kier molecular flexibility index (Phi) is 5.37. The van der Waals surface area contributed by atoms with Crippen LogP contribution in [0, 0.1) is 0 Å².